The zero-order chi connectivity index (χ0) is 19.7. The third-order valence-electron chi connectivity index (χ3n) is 5.29. The Morgan fingerprint density at radius 3 is 2.11 bits per heavy atom. The molecule has 144 valence electrons. The Bertz CT molecular complexity index is 881. The van der Waals surface area contributed by atoms with Crippen LogP contribution in [-0.2, 0) is 16.0 Å². The number of hydrogen-bond acceptors (Lipinski definition) is 4. The molecule has 2 aliphatic rings. The van der Waals surface area contributed by atoms with E-state index in [2.05, 4.69) is 0 Å². The minimum Gasteiger partial charge on any atom is -0.378 e. The lowest BCUT2D eigenvalue weighted by Gasteiger charge is -2.33. The van der Waals surface area contributed by atoms with Crippen molar-refractivity contribution in [3.8, 4) is 0 Å². The third-order valence-corrected chi connectivity index (χ3v) is 5.29. The molecule has 0 bridgehead atoms. The van der Waals surface area contributed by atoms with Crippen molar-refractivity contribution in [2.24, 2.45) is 0 Å². The van der Waals surface area contributed by atoms with E-state index in [1.54, 1.807) is 29.2 Å². The van der Waals surface area contributed by atoms with E-state index >= 15 is 0 Å². The average Bonchev–Trinajstić information content (AvgIpc) is 2.98. The Morgan fingerprint density at radius 2 is 1.54 bits per heavy atom. The standard InChI is InChI=1S/C22H22N2O4/c1-15-6-8-16(9-7-15)14-19(22(27)23-10-12-28-13-11-23)24-20(25)17-4-2-3-5-18(17)21(24)26/h2-9,19H,10-14H2,1H3. The van der Waals surface area contributed by atoms with Crippen LogP contribution in [0.4, 0.5) is 0 Å². The van der Waals surface area contributed by atoms with Crippen molar-refractivity contribution >= 4 is 17.7 Å². The molecule has 1 atom stereocenters. The van der Waals surface area contributed by atoms with E-state index < -0.39 is 17.9 Å². The number of fused-ring (bicyclic) bond motifs is 1. The fourth-order valence-electron chi connectivity index (χ4n) is 3.72. The van der Waals surface area contributed by atoms with Gasteiger partial charge >= 0.3 is 0 Å². The topological polar surface area (TPSA) is 66.9 Å². The lowest BCUT2D eigenvalue weighted by atomic mass is 10.0. The first kappa shape index (κ1) is 18.4. The minimum absolute atomic E-state index is 0.210. The van der Waals surface area contributed by atoms with Gasteiger partial charge in [-0.2, -0.15) is 0 Å². The first-order valence-electron chi connectivity index (χ1n) is 9.45. The van der Waals surface area contributed by atoms with Crippen molar-refractivity contribution < 1.29 is 19.1 Å². The highest BCUT2D eigenvalue weighted by molar-refractivity contribution is 6.22. The molecule has 6 heteroatoms. The molecule has 2 aliphatic heterocycles. The molecule has 2 heterocycles. The van der Waals surface area contributed by atoms with Crippen LogP contribution in [0, 0.1) is 6.92 Å². The first-order chi connectivity index (χ1) is 13.6. The van der Waals surface area contributed by atoms with Gasteiger partial charge in [0.15, 0.2) is 0 Å². The Labute approximate surface area is 163 Å². The van der Waals surface area contributed by atoms with Gasteiger partial charge in [0, 0.05) is 19.5 Å². The SMILES string of the molecule is Cc1ccc(CC(C(=O)N2CCOCC2)N2C(=O)c3ccccc3C2=O)cc1. The quantitative estimate of drug-likeness (QED) is 0.764. The summed E-state index contributed by atoms with van der Waals surface area (Å²) in [6, 6.07) is 13.7. The molecule has 1 saturated heterocycles. The number of carbonyl (C=O) groups is 3. The van der Waals surface area contributed by atoms with E-state index in [9.17, 15) is 14.4 Å². The number of aryl methyl sites for hydroxylation is 1. The Morgan fingerprint density at radius 1 is 0.964 bits per heavy atom. The maximum Gasteiger partial charge on any atom is 0.262 e. The van der Waals surface area contributed by atoms with Crippen LogP contribution in [0.1, 0.15) is 31.8 Å². The van der Waals surface area contributed by atoms with E-state index in [0.29, 0.717) is 43.9 Å². The third kappa shape index (κ3) is 3.31. The summed E-state index contributed by atoms with van der Waals surface area (Å²) < 4.78 is 5.34. The van der Waals surface area contributed by atoms with Crippen molar-refractivity contribution in [1.29, 1.82) is 0 Å². The smallest absolute Gasteiger partial charge is 0.262 e. The van der Waals surface area contributed by atoms with Crippen molar-refractivity contribution in [2.45, 2.75) is 19.4 Å². The molecule has 0 radical (unpaired) electrons. The van der Waals surface area contributed by atoms with Gasteiger partial charge in [0.25, 0.3) is 11.8 Å². The molecule has 2 aromatic rings. The summed E-state index contributed by atoms with van der Waals surface area (Å²) >= 11 is 0. The average molecular weight is 378 g/mol. The molecule has 0 spiro atoms. The molecule has 0 saturated carbocycles. The highest BCUT2D eigenvalue weighted by atomic mass is 16.5. The first-order valence-corrected chi connectivity index (χ1v) is 9.45. The van der Waals surface area contributed by atoms with Gasteiger partial charge < -0.3 is 9.64 Å². The maximum atomic E-state index is 13.3. The van der Waals surface area contributed by atoms with E-state index in [0.717, 1.165) is 16.0 Å². The van der Waals surface area contributed by atoms with Gasteiger partial charge in [-0.25, -0.2) is 0 Å². The van der Waals surface area contributed by atoms with Gasteiger partial charge in [-0.1, -0.05) is 42.0 Å². The number of carbonyl (C=O) groups excluding carboxylic acids is 3. The van der Waals surface area contributed by atoms with Crippen molar-refractivity contribution in [2.75, 3.05) is 26.3 Å². The molecule has 3 amide bonds. The highest BCUT2D eigenvalue weighted by Gasteiger charge is 2.43. The predicted octanol–water partition coefficient (Wildman–Crippen LogP) is 2.06. The number of nitrogens with zero attached hydrogens (tertiary/aromatic N) is 2. The van der Waals surface area contributed by atoms with Gasteiger partial charge in [-0.15, -0.1) is 0 Å². The second-order valence-corrected chi connectivity index (χ2v) is 7.17. The van der Waals surface area contributed by atoms with Crippen LogP contribution in [0.5, 0.6) is 0 Å². The fourth-order valence-corrected chi connectivity index (χ4v) is 3.72. The number of rotatable bonds is 4. The van der Waals surface area contributed by atoms with Gasteiger partial charge in [0.05, 0.1) is 24.3 Å². The van der Waals surface area contributed by atoms with Crippen molar-refractivity contribution in [1.82, 2.24) is 9.80 Å². The van der Waals surface area contributed by atoms with E-state index in [-0.39, 0.29) is 5.91 Å². The Hall–Kier alpha value is -2.99. The van der Waals surface area contributed by atoms with Gasteiger partial charge in [0.1, 0.15) is 6.04 Å². The summed E-state index contributed by atoms with van der Waals surface area (Å²) in [4.78, 5) is 42.1. The molecule has 2 aromatic carbocycles. The van der Waals surface area contributed by atoms with Crippen LogP contribution in [0.3, 0.4) is 0 Å². The summed E-state index contributed by atoms with van der Waals surface area (Å²) in [6.45, 7) is 3.85. The van der Waals surface area contributed by atoms with Crippen molar-refractivity contribution in [3.63, 3.8) is 0 Å². The Balaban J connectivity index is 1.68. The molecule has 0 aromatic heterocycles. The zero-order valence-electron chi connectivity index (χ0n) is 15.8. The highest BCUT2D eigenvalue weighted by Crippen LogP contribution is 2.27. The summed E-state index contributed by atoms with van der Waals surface area (Å²) in [6.07, 6.45) is 0.294. The summed E-state index contributed by atoms with van der Waals surface area (Å²) in [7, 11) is 0. The van der Waals surface area contributed by atoms with Crippen LogP contribution in [0.15, 0.2) is 48.5 Å². The lowest BCUT2D eigenvalue weighted by molar-refractivity contribution is -0.139. The number of benzene rings is 2. The predicted molar refractivity (Wildman–Crippen MR) is 103 cm³/mol. The fraction of sp³-hybridized carbons (Fsp3) is 0.318. The summed E-state index contributed by atoms with van der Waals surface area (Å²) in [5.74, 6) is -1.02. The van der Waals surface area contributed by atoms with Crippen LogP contribution < -0.4 is 0 Å². The van der Waals surface area contributed by atoms with Crippen LogP contribution in [0.2, 0.25) is 0 Å². The van der Waals surface area contributed by atoms with Gasteiger partial charge in [-0.3, -0.25) is 19.3 Å². The molecule has 1 fully saturated rings. The van der Waals surface area contributed by atoms with Crippen LogP contribution in [0.25, 0.3) is 0 Å². The second kappa shape index (κ2) is 7.56. The molecule has 1 unspecified atom stereocenters. The zero-order valence-corrected chi connectivity index (χ0v) is 15.8. The molecule has 4 rings (SSSR count). The number of morpholine rings is 1. The van der Waals surface area contributed by atoms with Gasteiger partial charge in [0.2, 0.25) is 5.91 Å². The summed E-state index contributed by atoms with van der Waals surface area (Å²) in [5, 5.41) is 0. The largest absolute Gasteiger partial charge is 0.378 e. The number of ether oxygens (including phenoxy) is 1. The monoisotopic (exact) mass is 378 g/mol. The molecule has 6 nitrogen and oxygen atoms in total. The second-order valence-electron chi connectivity index (χ2n) is 7.17. The van der Waals surface area contributed by atoms with E-state index in [1.807, 2.05) is 31.2 Å². The molecule has 0 N–H and O–H groups in total. The molecule has 28 heavy (non-hydrogen) atoms. The Kier molecular flexibility index (Phi) is 4.96. The lowest BCUT2D eigenvalue weighted by Crippen LogP contribution is -2.54. The molecular formula is C22H22N2O4. The normalized spacial score (nSPS) is 17.6. The maximum absolute atomic E-state index is 13.3. The van der Waals surface area contributed by atoms with E-state index in [1.165, 1.54) is 0 Å². The van der Waals surface area contributed by atoms with Crippen LogP contribution in [-0.4, -0.2) is 59.9 Å². The number of hydrogen-bond donors (Lipinski definition) is 0. The minimum atomic E-state index is -0.867. The molecular weight excluding hydrogens is 356 g/mol. The van der Waals surface area contributed by atoms with E-state index in [4.69, 9.17) is 4.74 Å². The summed E-state index contributed by atoms with van der Waals surface area (Å²) in [5.41, 5.74) is 2.74. The molecule has 0 aliphatic carbocycles. The van der Waals surface area contributed by atoms with Gasteiger partial charge in [-0.05, 0) is 24.6 Å². The number of amides is 3. The van der Waals surface area contributed by atoms with Crippen LogP contribution >= 0.6 is 0 Å². The number of imide groups is 1. The van der Waals surface area contributed by atoms with Crippen molar-refractivity contribution in [3.05, 3.63) is 70.8 Å².